The summed E-state index contributed by atoms with van der Waals surface area (Å²) >= 11 is 0. The second-order valence-electron chi connectivity index (χ2n) is 8.04. The largest absolute Gasteiger partial charge is 0.378 e. The van der Waals surface area contributed by atoms with Crippen molar-refractivity contribution in [2.24, 2.45) is 5.92 Å². The Balaban J connectivity index is 1.70. The molecule has 0 bridgehead atoms. The van der Waals surface area contributed by atoms with Crippen molar-refractivity contribution in [1.82, 2.24) is 4.90 Å². The number of anilines is 2. The summed E-state index contributed by atoms with van der Waals surface area (Å²) in [6.07, 6.45) is 0.292. The first kappa shape index (κ1) is 20.1. The number of nitrogens with one attached hydrogen (secondary N) is 1. The highest BCUT2D eigenvalue weighted by Gasteiger charge is 2.34. The van der Waals surface area contributed by atoms with Crippen molar-refractivity contribution < 1.29 is 14.3 Å². The summed E-state index contributed by atoms with van der Waals surface area (Å²) in [4.78, 5) is 17.7. The van der Waals surface area contributed by atoms with Gasteiger partial charge in [-0.05, 0) is 38.0 Å². The van der Waals surface area contributed by atoms with E-state index in [0.29, 0.717) is 0 Å². The molecular weight excluding hydrogens is 342 g/mol. The summed E-state index contributed by atoms with van der Waals surface area (Å²) in [5, 5.41) is 3.15. The van der Waals surface area contributed by atoms with Crippen LogP contribution in [0.15, 0.2) is 24.3 Å². The lowest BCUT2D eigenvalue weighted by Crippen LogP contribution is -2.55. The molecule has 2 heterocycles. The van der Waals surface area contributed by atoms with Crippen LogP contribution in [0, 0.1) is 5.92 Å². The summed E-state index contributed by atoms with van der Waals surface area (Å²) in [6.45, 7) is 13.2. The minimum absolute atomic E-state index is 0.0606. The van der Waals surface area contributed by atoms with Gasteiger partial charge in [-0.2, -0.15) is 0 Å². The topological polar surface area (TPSA) is 54.0 Å². The molecule has 0 unspecified atom stereocenters. The Morgan fingerprint density at radius 3 is 2.44 bits per heavy atom. The van der Waals surface area contributed by atoms with Gasteiger partial charge in [-0.25, -0.2) is 0 Å². The van der Waals surface area contributed by atoms with Gasteiger partial charge in [0, 0.05) is 37.6 Å². The highest BCUT2D eigenvalue weighted by molar-refractivity contribution is 5.95. The molecule has 3 rings (SSSR count). The molecule has 1 aromatic rings. The quantitative estimate of drug-likeness (QED) is 0.857. The van der Waals surface area contributed by atoms with Crippen molar-refractivity contribution in [1.29, 1.82) is 0 Å². The Hall–Kier alpha value is -1.63. The molecule has 1 amide bonds. The number of carbonyl (C=O) groups excluding carboxylic acids is 1. The number of morpholine rings is 2. The highest BCUT2D eigenvalue weighted by Crippen LogP contribution is 2.23. The molecule has 2 aliphatic rings. The summed E-state index contributed by atoms with van der Waals surface area (Å²) in [5.74, 6) is 0.287. The third kappa shape index (κ3) is 5.21. The zero-order valence-corrected chi connectivity index (χ0v) is 17.0. The molecule has 3 atom stereocenters. The van der Waals surface area contributed by atoms with Crippen LogP contribution in [0.25, 0.3) is 0 Å². The number of rotatable bonds is 5. The van der Waals surface area contributed by atoms with Crippen molar-refractivity contribution in [3.63, 3.8) is 0 Å². The maximum Gasteiger partial charge on any atom is 0.241 e. The molecule has 0 spiro atoms. The number of amides is 1. The Kier molecular flexibility index (Phi) is 6.73. The molecule has 0 saturated carbocycles. The van der Waals surface area contributed by atoms with Gasteiger partial charge in [0.05, 0.1) is 31.5 Å². The van der Waals surface area contributed by atoms with Crippen LogP contribution in [0.5, 0.6) is 0 Å². The van der Waals surface area contributed by atoms with Gasteiger partial charge in [-0.3, -0.25) is 9.69 Å². The molecule has 2 fully saturated rings. The van der Waals surface area contributed by atoms with E-state index in [-0.39, 0.29) is 30.1 Å². The average molecular weight is 376 g/mol. The Labute approximate surface area is 162 Å². The molecule has 0 aromatic heterocycles. The molecule has 1 N–H and O–H groups in total. The van der Waals surface area contributed by atoms with Crippen molar-refractivity contribution >= 4 is 17.3 Å². The molecule has 1 aromatic carbocycles. The summed E-state index contributed by atoms with van der Waals surface area (Å²) in [6, 6.07) is 7.95. The summed E-state index contributed by atoms with van der Waals surface area (Å²) in [5.41, 5.74) is 1.98. The smallest absolute Gasteiger partial charge is 0.241 e. The number of hydrogen-bond donors (Lipinski definition) is 1. The van der Waals surface area contributed by atoms with Gasteiger partial charge < -0.3 is 19.7 Å². The molecule has 2 aliphatic heterocycles. The fourth-order valence-electron chi connectivity index (χ4n) is 4.15. The van der Waals surface area contributed by atoms with E-state index >= 15 is 0 Å². The lowest BCUT2D eigenvalue weighted by atomic mass is 9.99. The Bertz CT molecular complexity index is 621. The van der Waals surface area contributed by atoms with Crippen LogP contribution in [-0.4, -0.2) is 68.4 Å². The molecule has 0 aliphatic carbocycles. The van der Waals surface area contributed by atoms with E-state index < -0.39 is 0 Å². The molecule has 27 heavy (non-hydrogen) atoms. The van der Waals surface area contributed by atoms with Crippen LogP contribution in [0.2, 0.25) is 0 Å². The van der Waals surface area contributed by atoms with Gasteiger partial charge in [-0.15, -0.1) is 0 Å². The normalized spacial score (nSPS) is 25.4. The van der Waals surface area contributed by atoms with Crippen LogP contribution < -0.4 is 10.2 Å². The van der Waals surface area contributed by atoms with E-state index in [0.717, 1.165) is 50.8 Å². The standard InChI is InChI=1S/C21H33N3O3/c1-15(2)20(24-13-16(3)27-17(4)14-24)21(25)22-18-6-5-7-19(12-18)23-8-10-26-11-9-23/h5-7,12,15-17,20H,8-11,13-14H2,1-4H3,(H,22,25)/t16-,17-,20+/m1/s1. The first-order chi connectivity index (χ1) is 12.9. The number of benzene rings is 1. The maximum atomic E-state index is 13.1. The summed E-state index contributed by atoms with van der Waals surface area (Å²) < 4.78 is 11.3. The maximum absolute atomic E-state index is 13.1. The lowest BCUT2D eigenvalue weighted by Gasteiger charge is -2.41. The van der Waals surface area contributed by atoms with Gasteiger partial charge >= 0.3 is 0 Å². The van der Waals surface area contributed by atoms with Gasteiger partial charge in [0.1, 0.15) is 0 Å². The first-order valence-corrected chi connectivity index (χ1v) is 10.1. The van der Waals surface area contributed by atoms with Crippen LogP contribution in [-0.2, 0) is 14.3 Å². The molecule has 0 radical (unpaired) electrons. The van der Waals surface area contributed by atoms with E-state index in [1.165, 1.54) is 0 Å². The predicted octanol–water partition coefficient (Wildman–Crippen LogP) is 2.60. The highest BCUT2D eigenvalue weighted by atomic mass is 16.5. The second-order valence-corrected chi connectivity index (χ2v) is 8.04. The number of carbonyl (C=O) groups is 1. The van der Waals surface area contributed by atoms with Gasteiger partial charge in [0.25, 0.3) is 0 Å². The Morgan fingerprint density at radius 1 is 1.15 bits per heavy atom. The lowest BCUT2D eigenvalue weighted by molar-refractivity contribution is -0.130. The molecule has 150 valence electrons. The summed E-state index contributed by atoms with van der Waals surface area (Å²) in [7, 11) is 0. The fourth-order valence-corrected chi connectivity index (χ4v) is 4.15. The zero-order valence-electron chi connectivity index (χ0n) is 17.0. The van der Waals surface area contributed by atoms with E-state index in [9.17, 15) is 4.79 Å². The number of nitrogens with zero attached hydrogens (tertiary/aromatic N) is 2. The van der Waals surface area contributed by atoms with Crippen molar-refractivity contribution in [2.75, 3.05) is 49.6 Å². The molecule has 2 saturated heterocycles. The fraction of sp³-hybridized carbons (Fsp3) is 0.667. The SMILES string of the molecule is CC(C)[C@@H](C(=O)Nc1cccc(N2CCOCC2)c1)N1C[C@@H](C)O[C@H](C)C1. The zero-order chi connectivity index (χ0) is 19.4. The van der Waals surface area contributed by atoms with E-state index in [1.54, 1.807) is 0 Å². The van der Waals surface area contributed by atoms with Crippen LogP contribution in [0.1, 0.15) is 27.7 Å². The van der Waals surface area contributed by atoms with Crippen molar-refractivity contribution in [2.45, 2.75) is 45.9 Å². The minimum atomic E-state index is -0.161. The Morgan fingerprint density at radius 2 is 1.81 bits per heavy atom. The van der Waals surface area contributed by atoms with E-state index in [4.69, 9.17) is 9.47 Å². The van der Waals surface area contributed by atoms with E-state index in [2.05, 4.69) is 54.9 Å². The number of hydrogen-bond acceptors (Lipinski definition) is 5. The second kappa shape index (κ2) is 9.04. The van der Waals surface area contributed by atoms with Gasteiger partial charge in [0.15, 0.2) is 0 Å². The third-order valence-corrected chi connectivity index (χ3v) is 5.23. The molecular formula is C21H33N3O3. The van der Waals surface area contributed by atoms with Crippen molar-refractivity contribution in [3.8, 4) is 0 Å². The van der Waals surface area contributed by atoms with Crippen LogP contribution >= 0.6 is 0 Å². The van der Waals surface area contributed by atoms with Crippen molar-refractivity contribution in [3.05, 3.63) is 24.3 Å². The third-order valence-electron chi connectivity index (χ3n) is 5.23. The molecule has 6 heteroatoms. The monoisotopic (exact) mass is 375 g/mol. The number of ether oxygens (including phenoxy) is 2. The van der Waals surface area contributed by atoms with E-state index in [1.807, 2.05) is 12.1 Å². The van der Waals surface area contributed by atoms with Crippen LogP contribution in [0.3, 0.4) is 0 Å². The van der Waals surface area contributed by atoms with Gasteiger partial charge in [-0.1, -0.05) is 19.9 Å². The first-order valence-electron chi connectivity index (χ1n) is 10.1. The average Bonchev–Trinajstić information content (AvgIpc) is 2.61. The minimum Gasteiger partial charge on any atom is -0.378 e. The van der Waals surface area contributed by atoms with Gasteiger partial charge in [0.2, 0.25) is 5.91 Å². The molecule has 6 nitrogen and oxygen atoms in total. The van der Waals surface area contributed by atoms with Crippen LogP contribution in [0.4, 0.5) is 11.4 Å². The predicted molar refractivity (Wildman–Crippen MR) is 108 cm³/mol.